The van der Waals surface area contributed by atoms with E-state index in [9.17, 15) is 4.79 Å². The molecule has 0 bridgehead atoms. The number of amides is 1. The third-order valence-electron chi connectivity index (χ3n) is 4.47. The van der Waals surface area contributed by atoms with Gasteiger partial charge in [0.05, 0.1) is 10.5 Å². The monoisotopic (exact) mass is 380 g/mol. The molecule has 1 amide bonds. The minimum absolute atomic E-state index is 0.157. The molecule has 1 aliphatic carbocycles. The fourth-order valence-corrected chi connectivity index (χ4v) is 3.53. The van der Waals surface area contributed by atoms with Gasteiger partial charge >= 0.3 is 0 Å². The second kappa shape index (κ2) is 7.40. The van der Waals surface area contributed by atoms with Gasteiger partial charge in [-0.3, -0.25) is 9.78 Å². The number of aromatic nitrogens is 1. The molecule has 1 atom stereocenters. The van der Waals surface area contributed by atoms with Crippen LogP contribution in [0.2, 0.25) is 5.02 Å². The average molecular weight is 381 g/mol. The van der Waals surface area contributed by atoms with Crippen LogP contribution in [0.15, 0.2) is 29.3 Å². The normalized spacial score (nSPS) is 17.0. The Morgan fingerprint density at radius 1 is 1.40 bits per heavy atom. The predicted molar refractivity (Wildman–Crippen MR) is 100 cm³/mol. The number of halogens is 1. The van der Waals surface area contributed by atoms with Gasteiger partial charge in [0.2, 0.25) is 0 Å². The quantitative estimate of drug-likeness (QED) is 0.605. The van der Waals surface area contributed by atoms with Crippen LogP contribution in [0, 0.1) is 0 Å². The summed E-state index contributed by atoms with van der Waals surface area (Å²) in [6.07, 6.45) is 5.81. The van der Waals surface area contributed by atoms with Crippen molar-refractivity contribution in [2.45, 2.75) is 42.9 Å². The number of hydrogen-bond donors (Lipinski definition) is 1. The average Bonchev–Trinajstić information content (AvgIpc) is 2.57. The molecule has 1 fully saturated rings. The zero-order valence-corrected chi connectivity index (χ0v) is 16.0. The molecule has 134 valence electrons. The van der Waals surface area contributed by atoms with Gasteiger partial charge in [-0.05, 0) is 44.6 Å². The summed E-state index contributed by atoms with van der Waals surface area (Å²) in [6, 6.07) is 5.46. The van der Waals surface area contributed by atoms with E-state index in [1.54, 1.807) is 24.0 Å². The van der Waals surface area contributed by atoms with Crippen LogP contribution < -0.4 is 10.1 Å². The largest absolute Gasteiger partial charge is 0.455 e. The Balaban J connectivity index is 1.81. The SMILES string of the molecule is COC(Oc1cc(Cl)c2ncc(SC)cc2c1)C(=O)NC1(C)CCC1. The molecule has 25 heavy (non-hydrogen) atoms. The van der Waals surface area contributed by atoms with E-state index < -0.39 is 6.29 Å². The summed E-state index contributed by atoms with van der Waals surface area (Å²) in [5.74, 6) is 0.190. The molecule has 7 heteroatoms. The van der Waals surface area contributed by atoms with Crippen LogP contribution >= 0.6 is 23.4 Å². The fourth-order valence-electron chi connectivity index (χ4n) is 2.86. The molecular weight excluding hydrogens is 360 g/mol. The summed E-state index contributed by atoms with van der Waals surface area (Å²) >= 11 is 7.91. The maximum absolute atomic E-state index is 12.4. The number of fused-ring (bicyclic) bond motifs is 1. The molecule has 0 radical (unpaired) electrons. The van der Waals surface area contributed by atoms with E-state index in [2.05, 4.69) is 10.3 Å². The molecule has 1 aliphatic rings. The number of nitrogens with zero attached hydrogens (tertiary/aromatic N) is 1. The maximum atomic E-state index is 12.4. The Labute approximate surface area is 156 Å². The third-order valence-corrected chi connectivity index (χ3v) is 5.46. The standard InChI is InChI=1S/C18H21ClN2O3S/c1-18(5-4-6-18)21-16(22)17(23-2)24-12-7-11-8-13(25-3)10-20-15(11)14(19)9-12/h7-10,17H,4-6H2,1-3H3,(H,21,22). The third kappa shape index (κ3) is 4.02. The molecule has 1 N–H and O–H groups in total. The minimum atomic E-state index is -1.03. The van der Waals surface area contributed by atoms with Crippen molar-refractivity contribution < 1.29 is 14.3 Å². The highest BCUT2D eigenvalue weighted by Crippen LogP contribution is 2.32. The number of hydrogen-bond acceptors (Lipinski definition) is 5. The first-order valence-electron chi connectivity index (χ1n) is 8.09. The van der Waals surface area contributed by atoms with Crippen molar-refractivity contribution in [2.75, 3.05) is 13.4 Å². The van der Waals surface area contributed by atoms with E-state index in [-0.39, 0.29) is 11.4 Å². The number of carbonyl (C=O) groups excluding carboxylic acids is 1. The van der Waals surface area contributed by atoms with Gasteiger partial charge in [-0.1, -0.05) is 11.6 Å². The molecule has 1 aromatic heterocycles. The van der Waals surface area contributed by atoms with Gasteiger partial charge in [-0.2, -0.15) is 0 Å². The van der Waals surface area contributed by atoms with Crippen molar-refractivity contribution >= 4 is 40.2 Å². The molecule has 1 heterocycles. The first kappa shape index (κ1) is 18.3. The lowest BCUT2D eigenvalue weighted by Crippen LogP contribution is -2.55. The summed E-state index contributed by atoms with van der Waals surface area (Å²) in [6.45, 7) is 2.03. The first-order valence-corrected chi connectivity index (χ1v) is 9.69. The highest BCUT2D eigenvalue weighted by atomic mass is 35.5. The molecule has 3 rings (SSSR count). The van der Waals surface area contributed by atoms with E-state index in [1.807, 2.05) is 25.3 Å². The molecule has 5 nitrogen and oxygen atoms in total. The Bertz CT molecular complexity index is 795. The number of carbonyl (C=O) groups is 1. The Kier molecular flexibility index (Phi) is 5.41. The van der Waals surface area contributed by atoms with Crippen LogP contribution in [-0.4, -0.2) is 36.1 Å². The van der Waals surface area contributed by atoms with Crippen molar-refractivity contribution in [3.63, 3.8) is 0 Å². The summed E-state index contributed by atoms with van der Waals surface area (Å²) in [5, 5.41) is 4.33. The van der Waals surface area contributed by atoms with E-state index >= 15 is 0 Å². The van der Waals surface area contributed by atoms with E-state index in [0.29, 0.717) is 16.3 Å². The maximum Gasteiger partial charge on any atom is 0.290 e. The lowest BCUT2D eigenvalue weighted by molar-refractivity contribution is -0.151. The molecule has 0 aliphatic heterocycles. The lowest BCUT2D eigenvalue weighted by atomic mass is 9.78. The van der Waals surface area contributed by atoms with Crippen molar-refractivity contribution in [2.24, 2.45) is 0 Å². The van der Waals surface area contributed by atoms with Crippen molar-refractivity contribution in [3.05, 3.63) is 29.4 Å². The van der Waals surface area contributed by atoms with E-state index in [4.69, 9.17) is 21.1 Å². The summed E-state index contributed by atoms with van der Waals surface area (Å²) < 4.78 is 11.0. The van der Waals surface area contributed by atoms with Crippen LogP contribution in [0.4, 0.5) is 0 Å². The van der Waals surface area contributed by atoms with Gasteiger partial charge in [0.1, 0.15) is 5.75 Å². The highest BCUT2D eigenvalue weighted by molar-refractivity contribution is 7.98. The second-order valence-corrected chi connectivity index (χ2v) is 7.73. The van der Waals surface area contributed by atoms with Gasteiger partial charge in [0, 0.05) is 35.2 Å². The van der Waals surface area contributed by atoms with Crippen LogP contribution in [0.25, 0.3) is 10.9 Å². The highest BCUT2D eigenvalue weighted by Gasteiger charge is 2.35. The van der Waals surface area contributed by atoms with Crippen molar-refractivity contribution in [1.29, 1.82) is 0 Å². The molecule has 1 saturated carbocycles. The van der Waals surface area contributed by atoms with E-state index in [0.717, 1.165) is 29.5 Å². The predicted octanol–water partition coefficient (Wildman–Crippen LogP) is 4.02. The number of thioether (sulfide) groups is 1. The zero-order valence-electron chi connectivity index (χ0n) is 14.5. The number of methoxy groups -OCH3 is 1. The number of nitrogens with one attached hydrogen (secondary N) is 1. The Hall–Kier alpha value is -1.50. The minimum Gasteiger partial charge on any atom is -0.455 e. The van der Waals surface area contributed by atoms with Crippen molar-refractivity contribution in [1.82, 2.24) is 10.3 Å². The van der Waals surface area contributed by atoms with Gasteiger partial charge in [0.25, 0.3) is 12.2 Å². The zero-order chi connectivity index (χ0) is 18.0. The van der Waals surface area contributed by atoms with Crippen LogP contribution in [0.1, 0.15) is 26.2 Å². The first-order chi connectivity index (χ1) is 11.9. The lowest BCUT2D eigenvalue weighted by Gasteiger charge is -2.39. The smallest absolute Gasteiger partial charge is 0.290 e. The number of pyridine rings is 1. The van der Waals surface area contributed by atoms with Crippen LogP contribution in [0.3, 0.4) is 0 Å². The van der Waals surface area contributed by atoms with Gasteiger partial charge in [-0.25, -0.2) is 0 Å². The molecule has 2 aromatic rings. The van der Waals surface area contributed by atoms with Crippen molar-refractivity contribution in [3.8, 4) is 5.75 Å². The molecule has 0 spiro atoms. The summed E-state index contributed by atoms with van der Waals surface area (Å²) in [4.78, 5) is 17.8. The second-order valence-electron chi connectivity index (χ2n) is 6.44. The van der Waals surface area contributed by atoms with E-state index in [1.165, 1.54) is 7.11 Å². The summed E-state index contributed by atoms with van der Waals surface area (Å²) in [5.41, 5.74) is 0.544. The number of benzene rings is 1. The number of rotatable bonds is 6. The molecule has 1 aromatic carbocycles. The van der Waals surface area contributed by atoms with Gasteiger partial charge in [-0.15, -0.1) is 11.8 Å². The Morgan fingerprint density at radius 3 is 2.76 bits per heavy atom. The molecule has 0 saturated heterocycles. The topological polar surface area (TPSA) is 60.5 Å². The van der Waals surface area contributed by atoms with Crippen LogP contribution in [-0.2, 0) is 9.53 Å². The van der Waals surface area contributed by atoms with Crippen LogP contribution in [0.5, 0.6) is 5.75 Å². The number of ether oxygens (including phenoxy) is 2. The Morgan fingerprint density at radius 2 is 2.16 bits per heavy atom. The van der Waals surface area contributed by atoms with Gasteiger partial charge in [0.15, 0.2) is 0 Å². The molecular formula is C18H21ClN2O3S. The fraction of sp³-hybridized carbons (Fsp3) is 0.444. The summed E-state index contributed by atoms with van der Waals surface area (Å²) in [7, 11) is 1.45. The molecule has 1 unspecified atom stereocenters. The van der Waals surface area contributed by atoms with Gasteiger partial charge < -0.3 is 14.8 Å².